The summed E-state index contributed by atoms with van der Waals surface area (Å²) in [6.45, 7) is 1.71. The van der Waals surface area contributed by atoms with E-state index < -0.39 is 11.7 Å². The summed E-state index contributed by atoms with van der Waals surface area (Å²) in [5.41, 5.74) is 1.02. The van der Waals surface area contributed by atoms with Crippen LogP contribution in [0.3, 0.4) is 0 Å². The first-order valence-corrected chi connectivity index (χ1v) is 6.23. The SMILES string of the molecule is Cc1cc(C(F)(F)F)ccc1C1CCCC(O)C1. The van der Waals surface area contributed by atoms with Crippen molar-refractivity contribution in [3.8, 4) is 0 Å². The summed E-state index contributed by atoms with van der Waals surface area (Å²) >= 11 is 0. The maximum absolute atomic E-state index is 12.6. The van der Waals surface area contributed by atoms with E-state index in [9.17, 15) is 18.3 Å². The summed E-state index contributed by atoms with van der Waals surface area (Å²) in [5, 5.41) is 9.64. The molecule has 0 aliphatic heterocycles. The van der Waals surface area contributed by atoms with Gasteiger partial charge in [0.15, 0.2) is 0 Å². The van der Waals surface area contributed by atoms with Crippen molar-refractivity contribution in [1.29, 1.82) is 0 Å². The van der Waals surface area contributed by atoms with E-state index in [1.54, 1.807) is 13.0 Å². The summed E-state index contributed by atoms with van der Waals surface area (Å²) < 4.78 is 37.7. The fourth-order valence-corrected chi connectivity index (χ4v) is 2.76. The molecule has 1 aliphatic carbocycles. The van der Waals surface area contributed by atoms with Gasteiger partial charge < -0.3 is 5.11 Å². The minimum Gasteiger partial charge on any atom is -0.393 e. The molecule has 4 heteroatoms. The monoisotopic (exact) mass is 258 g/mol. The average molecular weight is 258 g/mol. The van der Waals surface area contributed by atoms with Gasteiger partial charge in [-0.1, -0.05) is 12.5 Å². The zero-order valence-corrected chi connectivity index (χ0v) is 10.3. The molecule has 1 fully saturated rings. The minimum absolute atomic E-state index is 0.191. The normalized spacial score (nSPS) is 25.2. The number of rotatable bonds is 1. The van der Waals surface area contributed by atoms with E-state index in [1.807, 2.05) is 0 Å². The molecule has 1 aromatic carbocycles. The molecule has 1 N–H and O–H groups in total. The first-order valence-electron chi connectivity index (χ1n) is 6.23. The minimum atomic E-state index is -4.28. The summed E-state index contributed by atoms with van der Waals surface area (Å²) in [6, 6.07) is 3.92. The molecule has 0 saturated heterocycles. The van der Waals surface area contributed by atoms with Gasteiger partial charge in [0.05, 0.1) is 11.7 Å². The third-order valence-electron chi connectivity index (χ3n) is 3.68. The van der Waals surface area contributed by atoms with Crippen LogP contribution in [0.4, 0.5) is 13.2 Å². The first kappa shape index (κ1) is 13.4. The van der Waals surface area contributed by atoms with Crippen LogP contribution in [-0.4, -0.2) is 11.2 Å². The standard InChI is InChI=1S/C14H17F3O/c1-9-7-11(14(15,16)17)5-6-13(9)10-3-2-4-12(18)8-10/h5-7,10,12,18H,2-4,8H2,1H3. The van der Waals surface area contributed by atoms with E-state index in [1.165, 1.54) is 6.07 Å². The molecule has 18 heavy (non-hydrogen) atoms. The summed E-state index contributed by atoms with van der Waals surface area (Å²) in [4.78, 5) is 0. The Kier molecular flexibility index (Phi) is 3.66. The fourth-order valence-electron chi connectivity index (χ4n) is 2.76. The number of aliphatic hydroxyl groups excluding tert-OH is 1. The van der Waals surface area contributed by atoms with Crippen molar-refractivity contribution in [2.24, 2.45) is 0 Å². The number of halogens is 3. The third kappa shape index (κ3) is 2.86. The van der Waals surface area contributed by atoms with Gasteiger partial charge in [-0.05, 0) is 55.4 Å². The van der Waals surface area contributed by atoms with Crippen molar-refractivity contribution < 1.29 is 18.3 Å². The third-order valence-corrected chi connectivity index (χ3v) is 3.68. The van der Waals surface area contributed by atoms with E-state index in [4.69, 9.17) is 0 Å². The van der Waals surface area contributed by atoms with Gasteiger partial charge in [-0.3, -0.25) is 0 Å². The molecule has 2 rings (SSSR count). The molecule has 100 valence electrons. The Balaban J connectivity index is 2.24. The number of hydrogen-bond acceptors (Lipinski definition) is 1. The molecule has 2 unspecified atom stereocenters. The molecule has 0 aromatic heterocycles. The molecule has 0 amide bonds. The molecule has 0 spiro atoms. The topological polar surface area (TPSA) is 20.2 Å². The Labute approximate surface area is 105 Å². The van der Waals surface area contributed by atoms with E-state index in [0.717, 1.165) is 30.9 Å². The second kappa shape index (κ2) is 4.92. The summed E-state index contributed by atoms with van der Waals surface area (Å²) in [7, 11) is 0. The number of benzene rings is 1. The lowest BCUT2D eigenvalue weighted by atomic mass is 9.80. The Morgan fingerprint density at radius 3 is 2.50 bits per heavy atom. The second-order valence-electron chi connectivity index (χ2n) is 5.09. The highest BCUT2D eigenvalue weighted by Gasteiger charge is 2.31. The molecule has 1 aliphatic rings. The number of aryl methyl sites for hydroxylation is 1. The zero-order valence-electron chi connectivity index (χ0n) is 10.3. The Morgan fingerprint density at radius 2 is 1.94 bits per heavy atom. The Morgan fingerprint density at radius 1 is 1.22 bits per heavy atom. The van der Waals surface area contributed by atoms with Crippen LogP contribution in [0, 0.1) is 6.92 Å². The second-order valence-corrected chi connectivity index (χ2v) is 5.09. The number of aliphatic hydroxyl groups is 1. The molecular weight excluding hydrogens is 241 g/mol. The van der Waals surface area contributed by atoms with Crippen molar-refractivity contribution in [3.05, 3.63) is 34.9 Å². The molecular formula is C14H17F3O. The predicted octanol–water partition coefficient (Wildman–Crippen LogP) is 4.03. The smallest absolute Gasteiger partial charge is 0.393 e. The molecule has 2 atom stereocenters. The van der Waals surface area contributed by atoms with Crippen LogP contribution in [0.2, 0.25) is 0 Å². The van der Waals surface area contributed by atoms with E-state index in [2.05, 4.69) is 0 Å². The maximum atomic E-state index is 12.6. The molecule has 0 bridgehead atoms. The molecule has 1 saturated carbocycles. The highest BCUT2D eigenvalue weighted by atomic mass is 19.4. The molecule has 0 heterocycles. The van der Waals surface area contributed by atoms with E-state index in [-0.39, 0.29) is 12.0 Å². The van der Waals surface area contributed by atoms with Crippen LogP contribution in [0.15, 0.2) is 18.2 Å². The van der Waals surface area contributed by atoms with Crippen LogP contribution >= 0.6 is 0 Å². The van der Waals surface area contributed by atoms with Gasteiger partial charge in [0, 0.05) is 0 Å². The van der Waals surface area contributed by atoms with Gasteiger partial charge in [0.1, 0.15) is 0 Å². The van der Waals surface area contributed by atoms with Gasteiger partial charge in [-0.15, -0.1) is 0 Å². The van der Waals surface area contributed by atoms with Crippen LogP contribution < -0.4 is 0 Å². The van der Waals surface area contributed by atoms with Gasteiger partial charge in [0.25, 0.3) is 0 Å². The summed E-state index contributed by atoms with van der Waals surface area (Å²) in [5.74, 6) is 0.191. The largest absolute Gasteiger partial charge is 0.416 e. The first-order chi connectivity index (χ1) is 8.38. The van der Waals surface area contributed by atoms with Crippen LogP contribution in [0.25, 0.3) is 0 Å². The number of alkyl halides is 3. The molecule has 0 radical (unpaired) electrons. The van der Waals surface area contributed by atoms with E-state index >= 15 is 0 Å². The average Bonchev–Trinajstić information content (AvgIpc) is 2.27. The van der Waals surface area contributed by atoms with Gasteiger partial charge in [0.2, 0.25) is 0 Å². The van der Waals surface area contributed by atoms with Crippen molar-refractivity contribution in [3.63, 3.8) is 0 Å². The van der Waals surface area contributed by atoms with Crippen molar-refractivity contribution in [1.82, 2.24) is 0 Å². The van der Waals surface area contributed by atoms with E-state index in [0.29, 0.717) is 12.0 Å². The van der Waals surface area contributed by atoms with Crippen LogP contribution in [0.1, 0.15) is 48.3 Å². The molecule has 1 aromatic rings. The summed E-state index contributed by atoms with van der Waals surface area (Å²) in [6.07, 6.45) is -1.25. The van der Waals surface area contributed by atoms with Crippen molar-refractivity contribution in [2.45, 2.75) is 50.8 Å². The van der Waals surface area contributed by atoms with Crippen LogP contribution in [-0.2, 0) is 6.18 Å². The lowest BCUT2D eigenvalue weighted by molar-refractivity contribution is -0.137. The van der Waals surface area contributed by atoms with Crippen LogP contribution in [0.5, 0.6) is 0 Å². The lowest BCUT2D eigenvalue weighted by Gasteiger charge is -2.27. The van der Waals surface area contributed by atoms with Gasteiger partial charge in [-0.2, -0.15) is 13.2 Å². The zero-order chi connectivity index (χ0) is 13.3. The lowest BCUT2D eigenvalue weighted by Crippen LogP contribution is -2.19. The molecule has 1 nitrogen and oxygen atoms in total. The Hall–Kier alpha value is -1.03. The predicted molar refractivity (Wildman–Crippen MR) is 63.4 cm³/mol. The Bertz CT molecular complexity index is 426. The van der Waals surface area contributed by atoms with Gasteiger partial charge in [-0.25, -0.2) is 0 Å². The quantitative estimate of drug-likeness (QED) is 0.806. The van der Waals surface area contributed by atoms with Crippen molar-refractivity contribution >= 4 is 0 Å². The maximum Gasteiger partial charge on any atom is 0.416 e. The highest BCUT2D eigenvalue weighted by Crippen LogP contribution is 2.37. The van der Waals surface area contributed by atoms with Crippen molar-refractivity contribution in [2.75, 3.05) is 0 Å². The fraction of sp³-hybridized carbons (Fsp3) is 0.571. The number of hydrogen-bond donors (Lipinski definition) is 1. The van der Waals surface area contributed by atoms with Gasteiger partial charge >= 0.3 is 6.18 Å². The highest BCUT2D eigenvalue weighted by molar-refractivity contribution is 5.35.